The minimum Gasteiger partial charge on any atom is -0.361 e. The minimum absolute atomic E-state index is 0. The highest BCUT2D eigenvalue weighted by Gasteiger charge is 2.39. The van der Waals surface area contributed by atoms with Crippen LogP contribution in [0.15, 0.2) is 10.6 Å². The molecule has 3 rings (SSSR count). The Kier molecular flexibility index (Phi) is 4.87. The summed E-state index contributed by atoms with van der Waals surface area (Å²) in [6, 6.07) is 2.07. The zero-order valence-corrected chi connectivity index (χ0v) is 12.5. The van der Waals surface area contributed by atoms with E-state index in [9.17, 15) is 0 Å². The van der Waals surface area contributed by atoms with Crippen LogP contribution in [0.1, 0.15) is 43.6 Å². The van der Waals surface area contributed by atoms with E-state index in [1.165, 1.54) is 32.1 Å². The molecule has 0 radical (unpaired) electrons. The summed E-state index contributed by atoms with van der Waals surface area (Å²) in [6.45, 7) is 6.28. The van der Waals surface area contributed by atoms with E-state index < -0.39 is 0 Å². The minimum atomic E-state index is 0. The summed E-state index contributed by atoms with van der Waals surface area (Å²) in [5, 5.41) is 7.73. The fourth-order valence-electron chi connectivity index (χ4n) is 3.52. The van der Waals surface area contributed by atoms with E-state index in [1.54, 1.807) is 0 Å². The SMILES string of the molecule is Cc1cc(CN2CCNCC23CCCCC3)no1.Cl. The maximum Gasteiger partial charge on any atom is 0.133 e. The second-order valence-electron chi connectivity index (χ2n) is 5.81. The van der Waals surface area contributed by atoms with Crippen molar-refractivity contribution in [3.05, 3.63) is 17.5 Å². The molecule has 1 aromatic heterocycles. The fourth-order valence-corrected chi connectivity index (χ4v) is 3.52. The summed E-state index contributed by atoms with van der Waals surface area (Å²) >= 11 is 0. The predicted molar refractivity (Wildman–Crippen MR) is 77.6 cm³/mol. The van der Waals surface area contributed by atoms with Gasteiger partial charge in [-0.05, 0) is 19.8 Å². The van der Waals surface area contributed by atoms with Crippen LogP contribution in [0.25, 0.3) is 0 Å². The molecule has 2 heterocycles. The van der Waals surface area contributed by atoms with Crippen LogP contribution < -0.4 is 5.32 Å². The van der Waals surface area contributed by atoms with Gasteiger partial charge in [-0.25, -0.2) is 0 Å². The van der Waals surface area contributed by atoms with Gasteiger partial charge in [0.15, 0.2) is 0 Å². The van der Waals surface area contributed by atoms with Gasteiger partial charge in [0.25, 0.3) is 0 Å². The molecule has 5 heteroatoms. The van der Waals surface area contributed by atoms with E-state index in [-0.39, 0.29) is 12.4 Å². The first-order valence-corrected chi connectivity index (χ1v) is 7.17. The van der Waals surface area contributed by atoms with Gasteiger partial charge in [0.05, 0.1) is 5.69 Å². The van der Waals surface area contributed by atoms with E-state index in [0.29, 0.717) is 5.54 Å². The van der Waals surface area contributed by atoms with Gasteiger partial charge in [-0.15, -0.1) is 12.4 Å². The van der Waals surface area contributed by atoms with Gasteiger partial charge in [-0.3, -0.25) is 4.90 Å². The Labute approximate surface area is 121 Å². The number of halogens is 1. The lowest BCUT2D eigenvalue weighted by molar-refractivity contribution is 0.0193. The number of nitrogens with zero attached hydrogens (tertiary/aromatic N) is 2. The highest BCUT2D eigenvalue weighted by molar-refractivity contribution is 5.85. The second kappa shape index (κ2) is 6.25. The lowest BCUT2D eigenvalue weighted by Crippen LogP contribution is -2.61. The van der Waals surface area contributed by atoms with Gasteiger partial charge in [0, 0.05) is 37.8 Å². The van der Waals surface area contributed by atoms with Gasteiger partial charge in [0.1, 0.15) is 5.76 Å². The monoisotopic (exact) mass is 285 g/mol. The number of piperazine rings is 1. The molecule has 108 valence electrons. The molecule has 1 N–H and O–H groups in total. The Balaban J connectivity index is 0.00000133. The molecule has 1 aliphatic heterocycles. The summed E-state index contributed by atoms with van der Waals surface area (Å²) < 4.78 is 5.19. The molecule has 19 heavy (non-hydrogen) atoms. The summed E-state index contributed by atoms with van der Waals surface area (Å²) in [7, 11) is 0. The molecule has 0 bridgehead atoms. The average molecular weight is 286 g/mol. The van der Waals surface area contributed by atoms with Gasteiger partial charge in [0.2, 0.25) is 0 Å². The predicted octanol–water partition coefficient (Wildman–Crippen LogP) is 2.51. The van der Waals surface area contributed by atoms with Crippen LogP contribution in [0.5, 0.6) is 0 Å². The zero-order chi connectivity index (χ0) is 12.4. The normalized spacial score (nSPS) is 23.2. The summed E-state index contributed by atoms with van der Waals surface area (Å²) in [5.41, 5.74) is 1.46. The van der Waals surface area contributed by atoms with Crippen molar-refractivity contribution in [3.8, 4) is 0 Å². The van der Waals surface area contributed by atoms with E-state index in [1.807, 2.05) is 6.92 Å². The van der Waals surface area contributed by atoms with Crippen LogP contribution in [-0.4, -0.2) is 35.2 Å². The van der Waals surface area contributed by atoms with Crippen LogP contribution in [0.4, 0.5) is 0 Å². The summed E-state index contributed by atoms with van der Waals surface area (Å²) in [5.74, 6) is 0.915. The fraction of sp³-hybridized carbons (Fsp3) is 0.786. The Morgan fingerprint density at radius 2 is 2.16 bits per heavy atom. The molecule has 4 nitrogen and oxygen atoms in total. The molecule has 2 aliphatic rings. The first-order valence-electron chi connectivity index (χ1n) is 7.17. The Hall–Kier alpha value is -0.580. The number of hydrogen-bond donors (Lipinski definition) is 1. The van der Waals surface area contributed by atoms with Crippen molar-refractivity contribution in [3.63, 3.8) is 0 Å². The van der Waals surface area contributed by atoms with Crippen molar-refractivity contribution < 1.29 is 4.52 Å². The van der Waals surface area contributed by atoms with Crippen molar-refractivity contribution in [1.82, 2.24) is 15.4 Å². The smallest absolute Gasteiger partial charge is 0.133 e. The maximum atomic E-state index is 5.19. The lowest BCUT2D eigenvalue weighted by Gasteiger charge is -2.49. The van der Waals surface area contributed by atoms with Gasteiger partial charge >= 0.3 is 0 Å². The third-order valence-corrected chi connectivity index (χ3v) is 4.50. The standard InChI is InChI=1S/C14H23N3O.ClH/c1-12-9-13(16-18-12)10-17-8-7-15-11-14(17)5-3-2-4-6-14;/h9,15H,2-8,10-11H2,1H3;1H. The van der Waals surface area contributed by atoms with Crippen LogP contribution in [0.2, 0.25) is 0 Å². The molecular formula is C14H24ClN3O. The number of rotatable bonds is 2. The quantitative estimate of drug-likeness (QED) is 0.907. The Bertz CT molecular complexity index is 393. The first kappa shape index (κ1) is 14.8. The maximum absolute atomic E-state index is 5.19. The molecule has 0 amide bonds. The topological polar surface area (TPSA) is 41.3 Å². The van der Waals surface area contributed by atoms with E-state index >= 15 is 0 Å². The van der Waals surface area contributed by atoms with Crippen LogP contribution in [-0.2, 0) is 6.54 Å². The number of nitrogens with one attached hydrogen (secondary N) is 1. The van der Waals surface area contributed by atoms with Gasteiger partial charge < -0.3 is 9.84 Å². The van der Waals surface area contributed by atoms with Crippen molar-refractivity contribution in [2.45, 2.75) is 51.1 Å². The Morgan fingerprint density at radius 3 is 2.84 bits per heavy atom. The molecule has 0 aromatic carbocycles. The number of hydrogen-bond acceptors (Lipinski definition) is 4. The highest BCUT2D eigenvalue weighted by atomic mass is 35.5. The molecule has 1 aromatic rings. The second-order valence-corrected chi connectivity index (χ2v) is 5.81. The van der Waals surface area contributed by atoms with Gasteiger partial charge in [-0.2, -0.15) is 0 Å². The van der Waals surface area contributed by atoms with E-state index in [0.717, 1.165) is 37.6 Å². The molecule has 0 atom stereocenters. The highest BCUT2D eigenvalue weighted by Crippen LogP contribution is 2.35. The average Bonchev–Trinajstić information content (AvgIpc) is 2.79. The molecule has 1 aliphatic carbocycles. The Morgan fingerprint density at radius 1 is 1.37 bits per heavy atom. The lowest BCUT2D eigenvalue weighted by atomic mass is 9.79. The summed E-state index contributed by atoms with van der Waals surface area (Å²) in [4.78, 5) is 2.64. The van der Waals surface area contributed by atoms with Crippen LogP contribution in [0, 0.1) is 6.92 Å². The number of aromatic nitrogens is 1. The molecule has 0 unspecified atom stereocenters. The van der Waals surface area contributed by atoms with E-state index in [2.05, 4.69) is 21.4 Å². The van der Waals surface area contributed by atoms with Crippen molar-refractivity contribution in [1.29, 1.82) is 0 Å². The van der Waals surface area contributed by atoms with Crippen LogP contribution >= 0.6 is 12.4 Å². The first-order chi connectivity index (χ1) is 8.78. The van der Waals surface area contributed by atoms with Crippen molar-refractivity contribution >= 4 is 12.4 Å². The van der Waals surface area contributed by atoms with Crippen molar-refractivity contribution in [2.75, 3.05) is 19.6 Å². The van der Waals surface area contributed by atoms with Gasteiger partial charge in [-0.1, -0.05) is 24.4 Å². The third-order valence-electron chi connectivity index (χ3n) is 4.50. The zero-order valence-electron chi connectivity index (χ0n) is 11.7. The van der Waals surface area contributed by atoms with E-state index in [4.69, 9.17) is 4.52 Å². The number of aryl methyl sites for hydroxylation is 1. The molecule has 1 saturated carbocycles. The molecule has 1 saturated heterocycles. The summed E-state index contributed by atoms with van der Waals surface area (Å²) in [6.07, 6.45) is 6.80. The van der Waals surface area contributed by atoms with Crippen LogP contribution in [0.3, 0.4) is 0 Å². The third kappa shape index (κ3) is 3.12. The molecule has 1 spiro atoms. The molecule has 2 fully saturated rings. The van der Waals surface area contributed by atoms with Crippen molar-refractivity contribution in [2.24, 2.45) is 0 Å². The molecular weight excluding hydrogens is 262 g/mol. The largest absolute Gasteiger partial charge is 0.361 e.